The number of rotatable bonds is 8. The van der Waals surface area contributed by atoms with Crippen molar-refractivity contribution in [3.05, 3.63) is 29.8 Å². The van der Waals surface area contributed by atoms with Crippen molar-refractivity contribution in [2.45, 2.75) is 12.8 Å². The first-order valence-corrected chi connectivity index (χ1v) is 6.22. The van der Waals surface area contributed by atoms with Crippen LogP contribution in [0.15, 0.2) is 24.3 Å². The van der Waals surface area contributed by atoms with E-state index < -0.39 is 0 Å². The van der Waals surface area contributed by atoms with Crippen molar-refractivity contribution in [3.8, 4) is 5.75 Å². The number of ether oxygens (including phenoxy) is 1. The van der Waals surface area contributed by atoms with E-state index in [1.165, 1.54) is 12.0 Å². The molecule has 0 aliphatic heterocycles. The molecule has 0 aromatic heterocycles. The lowest BCUT2D eigenvalue weighted by Crippen LogP contribution is -2.24. The summed E-state index contributed by atoms with van der Waals surface area (Å²) >= 11 is 0. The normalized spacial score (nSPS) is 10.8. The molecule has 96 valence electrons. The summed E-state index contributed by atoms with van der Waals surface area (Å²) in [5, 5.41) is 3.17. The molecule has 0 radical (unpaired) electrons. The summed E-state index contributed by atoms with van der Waals surface area (Å²) in [4.78, 5) is 2.38. The molecule has 1 aromatic carbocycles. The number of nitrogens with zero attached hydrogens (tertiary/aromatic N) is 1. The molecular weight excluding hydrogens is 212 g/mol. The van der Waals surface area contributed by atoms with Crippen molar-refractivity contribution in [1.82, 2.24) is 10.2 Å². The van der Waals surface area contributed by atoms with E-state index in [0.29, 0.717) is 0 Å². The van der Waals surface area contributed by atoms with Gasteiger partial charge in [0.15, 0.2) is 0 Å². The highest BCUT2D eigenvalue weighted by Gasteiger charge is 1.99. The summed E-state index contributed by atoms with van der Waals surface area (Å²) in [6, 6.07) is 8.33. The van der Waals surface area contributed by atoms with Gasteiger partial charge in [-0.25, -0.2) is 0 Å². The van der Waals surface area contributed by atoms with Crippen LogP contribution in [-0.4, -0.2) is 45.7 Å². The van der Waals surface area contributed by atoms with E-state index in [1.54, 1.807) is 7.11 Å². The summed E-state index contributed by atoms with van der Waals surface area (Å²) in [5.74, 6) is 0.927. The Balaban J connectivity index is 2.24. The Hall–Kier alpha value is -1.06. The smallest absolute Gasteiger partial charge is 0.118 e. The molecule has 1 N–H and O–H groups in total. The van der Waals surface area contributed by atoms with Crippen molar-refractivity contribution < 1.29 is 4.74 Å². The highest BCUT2D eigenvalue weighted by Crippen LogP contribution is 2.11. The second kappa shape index (κ2) is 8.09. The zero-order chi connectivity index (χ0) is 12.5. The third kappa shape index (κ3) is 5.71. The maximum atomic E-state index is 5.14. The number of nitrogens with one attached hydrogen (secondary N) is 1. The summed E-state index contributed by atoms with van der Waals surface area (Å²) < 4.78 is 5.14. The summed E-state index contributed by atoms with van der Waals surface area (Å²) in [5.41, 5.74) is 1.37. The maximum Gasteiger partial charge on any atom is 0.118 e. The van der Waals surface area contributed by atoms with Crippen molar-refractivity contribution >= 4 is 0 Å². The first-order valence-electron chi connectivity index (χ1n) is 6.22. The van der Waals surface area contributed by atoms with Crippen LogP contribution in [-0.2, 0) is 6.42 Å². The summed E-state index contributed by atoms with van der Waals surface area (Å²) in [6.45, 7) is 3.35. The molecule has 1 rings (SSSR count). The molecule has 0 atom stereocenters. The van der Waals surface area contributed by atoms with E-state index in [4.69, 9.17) is 4.74 Å². The Labute approximate surface area is 105 Å². The third-order valence-corrected chi connectivity index (χ3v) is 2.91. The molecule has 0 saturated heterocycles. The number of likely N-dealkylation sites (N-methyl/N-ethyl adjacent to an activating group) is 1. The SMILES string of the molecule is CNCCCN(C)CCc1ccc(OC)cc1. The Morgan fingerprint density at radius 2 is 1.88 bits per heavy atom. The molecule has 0 aliphatic carbocycles. The lowest BCUT2D eigenvalue weighted by atomic mass is 10.1. The molecule has 3 nitrogen and oxygen atoms in total. The highest BCUT2D eigenvalue weighted by atomic mass is 16.5. The zero-order valence-electron chi connectivity index (χ0n) is 11.2. The zero-order valence-corrected chi connectivity index (χ0v) is 11.2. The first-order chi connectivity index (χ1) is 8.26. The van der Waals surface area contributed by atoms with Gasteiger partial charge >= 0.3 is 0 Å². The summed E-state index contributed by atoms with van der Waals surface area (Å²) in [6.07, 6.45) is 2.30. The summed E-state index contributed by atoms with van der Waals surface area (Å²) in [7, 11) is 5.88. The van der Waals surface area contributed by atoms with Gasteiger partial charge in [-0.1, -0.05) is 12.1 Å². The molecule has 0 bridgehead atoms. The molecule has 0 spiro atoms. The quantitative estimate of drug-likeness (QED) is 0.696. The maximum absolute atomic E-state index is 5.14. The van der Waals surface area contributed by atoms with Crippen molar-refractivity contribution in [2.75, 3.05) is 40.8 Å². The number of methoxy groups -OCH3 is 1. The molecular formula is C14H24N2O. The van der Waals surface area contributed by atoms with Crippen LogP contribution < -0.4 is 10.1 Å². The molecule has 0 heterocycles. The van der Waals surface area contributed by atoms with E-state index in [1.807, 2.05) is 19.2 Å². The van der Waals surface area contributed by atoms with E-state index >= 15 is 0 Å². The van der Waals surface area contributed by atoms with E-state index in [0.717, 1.165) is 31.8 Å². The number of hydrogen-bond acceptors (Lipinski definition) is 3. The average molecular weight is 236 g/mol. The minimum atomic E-state index is 0.927. The molecule has 0 amide bonds. The fourth-order valence-electron chi connectivity index (χ4n) is 1.75. The minimum Gasteiger partial charge on any atom is -0.497 e. The molecule has 17 heavy (non-hydrogen) atoms. The van der Waals surface area contributed by atoms with Gasteiger partial charge in [0.05, 0.1) is 7.11 Å². The Bertz CT molecular complexity index is 298. The van der Waals surface area contributed by atoms with Gasteiger partial charge in [-0.05, 0) is 57.7 Å². The lowest BCUT2D eigenvalue weighted by Gasteiger charge is -2.16. The third-order valence-electron chi connectivity index (χ3n) is 2.91. The van der Waals surface area contributed by atoms with Gasteiger partial charge < -0.3 is 15.0 Å². The van der Waals surface area contributed by atoms with Gasteiger partial charge in [0, 0.05) is 6.54 Å². The number of benzene rings is 1. The van der Waals surface area contributed by atoms with E-state index in [-0.39, 0.29) is 0 Å². The van der Waals surface area contributed by atoms with Crippen LogP contribution in [0.3, 0.4) is 0 Å². The van der Waals surface area contributed by atoms with Crippen LogP contribution in [0, 0.1) is 0 Å². The van der Waals surface area contributed by atoms with Crippen molar-refractivity contribution in [3.63, 3.8) is 0 Å². The van der Waals surface area contributed by atoms with E-state index in [2.05, 4.69) is 29.4 Å². The number of hydrogen-bond donors (Lipinski definition) is 1. The fourth-order valence-corrected chi connectivity index (χ4v) is 1.75. The van der Waals surface area contributed by atoms with Gasteiger partial charge in [-0.3, -0.25) is 0 Å². The van der Waals surface area contributed by atoms with Crippen molar-refractivity contribution in [1.29, 1.82) is 0 Å². The predicted octanol–water partition coefficient (Wildman–Crippen LogP) is 1.78. The van der Waals surface area contributed by atoms with Crippen LogP contribution >= 0.6 is 0 Å². The van der Waals surface area contributed by atoms with Gasteiger partial charge in [-0.2, -0.15) is 0 Å². The van der Waals surface area contributed by atoms with Crippen LogP contribution in [0.25, 0.3) is 0 Å². The molecule has 0 fully saturated rings. The van der Waals surface area contributed by atoms with Crippen molar-refractivity contribution in [2.24, 2.45) is 0 Å². The van der Waals surface area contributed by atoms with Gasteiger partial charge in [0.1, 0.15) is 5.75 Å². The van der Waals surface area contributed by atoms with E-state index in [9.17, 15) is 0 Å². The standard InChI is InChI=1S/C14H24N2O/c1-15-10-4-11-16(2)12-9-13-5-7-14(17-3)8-6-13/h5-8,15H,4,9-12H2,1-3H3. The van der Waals surface area contributed by atoms with Crippen LogP contribution in [0.5, 0.6) is 5.75 Å². The second-order valence-corrected chi connectivity index (χ2v) is 4.36. The van der Waals surface area contributed by atoms with Gasteiger partial charge in [0.2, 0.25) is 0 Å². The van der Waals surface area contributed by atoms with Crippen LogP contribution in [0.1, 0.15) is 12.0 Å². The minimum absolute atomic E-state index is 0.927. The molecule has 1 aromatic rings. The fraction of sp³-hybridized carbons (Fsp3) is 0.571. The average Bonchev–Trinajstić information content (AvgIpc) is 2.37. The molecule has 0 saturated carbocycles. The lowest BCUT2D eigenvalue weighted by molar-refractivity contribution is 0.332. The highest BCUT2D eigenvalue weighted by molar-refractivity contribution is 5.27. The monoisotopic (exact) mass is 236 g/mol. The molecule has 3 heteroatoms. The van der Waals surface area contributed by atoms with Crippen LogP contribution in [0.4, 0.5) is 0 Å². The Morgan fingerprint density at radius 3 is 2.47 bits per heavy atom. The molecule has 0 unspecified atom stereocenters. The Kier molecular flexibility index (Phi) is 6.67. The van der Waals surface area contributed by atoms with Crippen LogP contribution in [0.2, 0.25) is 0 Å². The molecule has 0 aliphatic rings. The topological polar surface area (TPSA) is 24.5 Å². The van der Waals surface area contributed by atoms with Gasteiger partial charge in [0.25, 0.3) is 0 Å². The van der Waals surface area contributed by atoms with Gasteiger partial charge in [-0.15, -0.1) is 0 Å². The second-order valence-electron chi connectivity index (χ2n) is 4.36. The largest absolute Gasteiger partial charge is 0.497 e. The first kappa shape index (κ1) is 14.0. The predicted molar refractivity (Wildman–Crippen MR) is 72.7 cm³/mol. The Morgan fingerprint density at radius 1 is 1.18 bits per heavy atom.